The molecular formula is C22H27N5O. The lowest BCUT2D eigenvalue weighted by Gasteiger charge is -2.34. The van der Waals surface area contributed by atoms with Gasteiger partial charge in [0, 0.05) is 61.2 Å². The summed E-state index contributed by atoms with van der Waals surface area (Å²) < 4.78 is 0. The normalized spacial score (nSPS) is 15.0. The number of amides is 2. The molecule has 2 heterocycles. The van der Waals surface area contributed by atoms with Gasteiger partial charge in [-0.3, -0.25) is 0 Å². The number of H-pyrrole nitrogens is 1. The minimum atomic E-state index is -0.174. The molecule has 0 bridgehead atoms. The first-order valence-corrected chi connectivity index (χ1v) is 9.82. The lowest BCUT2D eigenvalue weighted by atomic mass is 10.1. The number of para-hydroxylation sites is 1. The van der Waals surface area contributed by atoms with Crippen LogP contribution in [0.1, 0.15) is 5.56 Å². The summed E-state index contributed by atoms with van der Waals surface area (Å²) in [6.07, 6.45) is 2.81. The van der Waals surface area contributed by atoms with Crippen molar-refractivity contribution in [3.05, 3.63) is 60.3 Å². The van der Waals surface area contributed by atoms with Gasteiger partial charge in [-0.1, -0.05) is 18.2 Å². The summed E-state index contributed by atoms with van der Waals surface area (Å²) in [6, 6.07) is 16.1. The molecule has 1 aliphatic heterocycles. The predicted octanol–water partition coefficient (Wildman–Crippen LogP) is 3.28. The lowest BCUT2D eigenvalue weighted by Crippen LogP contribution is -2.44. The number of carbonyl (C=O) groups is 1. The Hall–Kier alpha value is -2.99. The van der Waals surface area contributed by atoms with Gasteiger partial charge in [0.2, 0.25) is 0 Å². The van der Waals surface area contributed by atoms with Gasteiger partial charge in [0.15, 0.2) is 0 Å². The molecule has 0 atom stereocenters. The molecule has 1 aliphatic rings. The van der Waals surface area contributed by atoms with Gasteiger partial charge in [0.05, 0.1) is 0 Å². The second-order valence-corrected chi connectivity index (χ2v) is 7.33. The number of likely N-dealkylation sites (N-methyl/N-ethyl adjacent to an activating group) is 1. The maximum absolute atomic E-state index is 12.2. The molecule has 2 aromatic carbocycles. The van der Waals surface area contributed by atoms with Crippen molar-refractivity contribution in [3.63, 3.8) is 0 Å². The van der Waals surface area contributed by atoms with E-state index in [9.17, 15) is 4.79 Å². The average Bonchev–Trinajstić information content (AvgIpc) is 3.13. The molecule has 0 saturated carbocycles. The summed E-state index contributed by atoms with van der Waals surface area (Å²) in [7, 11) is 2.15. The minimum absolute atomic E-state index is 0.174. The van der Waals surface area contributed by atoms with Crippen molar-refractivity contribution in [1.29, 1.82) is 0 Å². The number of urea groups is 1. The highest BCUT2D eigenvalue weighted by Gasteiger charge is 2.14. The Labute approximate surface area is 165 Å². The van der Waals surface area contributed by atoms with Gasteiger partial charge in [-0.05, 0) is 49.4 Å². The van der Waals surface area contributed by atoms with E-state index in [0.29, 0.717) is 6.54 Å². The van der Waals surface area contributed by atoms with Crippen molar-refractivity contribution in [1.82, 2.24) is 15.2 Å². The summed E-state index contributed by atoms with van der Waals surface area (Å²) in [6.45, 7) is 4.83. The van der Waals surface area contributed by atoms with Crippen LogP contribution in [0.15, 0.2) is 54.7 Å². The fourth-order valence-electron chi connectivity index (χ4n) is 3.64. The second kappa shape index (κ2) is 8.35. The van der Waals surface area contributed by atoms with E-state index in [4.69, 9.17) is 0 Å². The number of hydrogen-bond acceptors (Lipinski definition) is 3. The molecule has 2 amide bonds. The number of carbonyl (C=O) groups excluding carboxylic acids is 1. The first kappa shape index (κ1) is 18.4. The number of nitrogens with zero attached hydrogens (tertiary/aromatic N) is 2. The van der Waals surface area contributed by atoms with Crippen molar-refractivity contribution < 1.29 is 4.79 Å². The largest absolute Gasteiger partial charge is 0.369 e. The number of aromatic nitrogens is 1. The Morgan fingerprint density at radius 3 is 2.57 bits per heavy atom. The average molecular weight is 377 g/mol. The van der Waals surface area contributed by atoms with E-state index in [1.54, 1.807) is 0 Å². The SMILES string of the molecule is CN1CCN(c2ccc(NC(=O)NCCc3c[nH]c4ccccc34)cc2)CC1. The van der Waals surface area contributed by atoms with Crippen molar-refractivity contribution in [2.24, 2.45) is 0 Å². The zero-order valence-electron chi connectivity index (χ0n) is 16.2. The zero-order chi connectivity index (χ0) is 19.3. The molecule has 4 rings (SSSR count). The fraction of sp³-hybridized carbons (Fsp3) is 0.318. The van der Waals surface area contributed by atoms with Crippen molar-refractivity contribution in [3.8, 4) is 0 Å². The standard InChI is InChI=1S/C22H27N5O/c1-26-12-14-27(15-13-26)19-8-6-18(7-9-19)25-22(28)23-11-10-17-16-24-21-5-3-2-4-20(17)21/h2-9,16,24H,10-15H2,1H3,(H2,23,25,28). The summed E-state index contributed by atoms with van der Waals surface area (Å²) >= 11 is 0. The van der Waals surface area contributed by atoms with Crippen LogP contribution in [0.3, 0.4) is 0 Å². The molecular weight excluding hydrogens is 350 g/mol. The molecule has 6 heteroatoms. The van der Waals surface area contributed by atoms with Gasteiger partial charge in [-0.15, -0.1) is 0 Å². The van der Waals surface area contributed by atoms with Crippen molar-refractivity contribution >= 4 is 28.3 Å². The summed E-state index contributed by atoms with van der Waals surface area (Å²) in [5.74, 6) is 0. The van der Waals surface area contributed by atoms with E-state index in [1.165, 1.54) is 16.6 Å². The molecule has 0 radical (unpaired) electrons. The molecule has 1 aromatic heterocycles. The molecule has 146 valence electrons. The molecule has 0 spiro atoms. The first-order valence-electron chi connectivity index (χ1n) is 9.82. The number of nitrogens with one attached hydrogen (secondary N) is 3. The summed E-state index contributed by atoms with van der Waals surface area (Å²) in [5.41, 5.74) is 4.36. The van der Waals surface area contributed by atoms with Gasteiger partial charge in [-0.2, -0.15) is 0 Å². The molecule has 28 heavy (non-hydrogen) atoms. The van der Waals surface area contributed by atoms with Crippen molar-refractivity contribution in [2.45, 2.75) is 6.42 Å². The fourth-order valence-corrected chi connectivity index (χ4v) is 3.64. The summed E-state index contributed by atoms with van der Waals surface area (Å²) in [4.78, 5) is 20.2. The number of rotatable bonds is 5. The first-order chi connectivity index (χ1) is 13.7. The Morgan fingerprint density at radius 1 is 1.04 bits per heavy atom. The van der Waals surface area contributed by atoms with E-state index in [-0.39, 0.29) is 6.03 Å². The third-order valence-corrected chi connectivity index (χ3v) is 5.35. The van der Waals surface area contributed by atoms with Crippen LogP contribution in [0.4, 0.5) is 16.2 Å². The lowest BCUT2D eigenvalue weighted by molar-refractivity contribution is 0.252. The number of fused-ring (bicyclic) bond motifs is 1. The monoisotopic (exact) mass is 377 g/mol. The van der Waals surface area contributed by atoms with Gasteiger partial charge in [-0.25, -0.2) is 4.79 Å². The van der Waals surface area contributed by atoms with Crippen LogP contribution in [0.5, 0.6) is 0 Å². The van der Waals surface area contributed by atoms with Crippen LogP contribution in [-0.2, 0) is 6.42 Å². The van der Waals surface area contributed by atoms with Crippen LogP contribution in [-0.4, -0.2) is 55.7 Å². The minimum Gasteiger partial charge on any atom is -0.369 e. The van der Waals surface area contributed by atoms with Crippen LogP contribution >= 0.6 is 0 Å². The third-order valence-electron chi connectivity index (χ3n) is 5.35. The van der Waals surface area contributed by atoms with E-state index in [2.05, 4.69) is 56.7 Å². The van der Waals surface area contributed by atoms with Gasteiger partial charge in [0.25, 0.3) is 0 Å². The molecule has 3 N–H and O–H groups in total. The highest BCUT2D eigenvalue weighted by Crippen LogP contribution is 2.20. The van der Waals surface area contributed by atoms with Crippen molar-refractivity contribution in [2.75, 3.05) is 50.0 Å². The van der Waals surface area contributed by atoms with E-state index in [1.807, 2.05) is 30.5 Å². The van der Waals surface area contributed by atoms with Gasteiger partial charge >= 0.3 is 6.03 Å². The third kappa shape index (κ3) is 4.28. The van der Waals surface area contributed by atoms with Crippen LogP contribution in [0.2, 0.25) is 0 Å². The number of hydrogen-bond donors (Lipinski definition) is 3. The maximum atomic E-state index is 12.2. The maximum Gasteiger partial charge on any atom is 0.319 e. The van der Waals surface area contributed by atoms with E-state index >= 15 is 0 Å². The zero-order valence-corrected chi connectivity index (χ0v) is 16.2. The van der Waals surface area contributed by atoms with Crippen LogP contribution in [0, 0.1) is 0 Å². The summed E-state index contributed by atoms with van der Waals surface area (Å²) in [5, 5.41) is 7.06. The van der Waals surface area contributed by atoms with Gasteiger partial charge < -0.3 is 25.4 Å². The topological polar surface area (TPSA) is 63.4 Å². The Kier molecular flexibility index (Phi) is 5.48. The van der Waals surface area contributed by atoms with Crippen LogP contribution < -0.4 is 15.5 Å². The molecule has 1 saturated heterocycles. The second-order valence-electron chi connectivity index (χ2n) is 7.33. The Balaban J connectivity index is 1.25. The molecule has 0 unspecified atom stereocenters. The van der Waals surface area contributed by atoms with Crippen LogP contribution in [0.25, 0.3) is 10.9 Å². The van der Waals surface area contributed by atoms with Gasteiger partial charge in [0.1, 0.15) is 0 Å². The molecule has 1 fully saturated rings. The highest BCUT2D eigenvalue weighted by molar-refractivity contribution is 5.89. The highest BCUT2D eigenvalue weighted by atomic mass is 16.2. The van der Waals surface area contributed by atoms with E-state index in [0.717, 1.165) is 43.8 Å². The smallest absolute Gasteiger partial charge is 0.319 e. The quantitative estimate of drug-likeness (QED) is 0.639. The van der Waals surface area contributed by atoms with E-state index < -0.39 is 0 Å². The Bertz CT molecular complexity index is 926. The number of anilines is 2. The number of benzene rings is 2. The number of aromatic amines is 1. The predicted molar refractivity (Wildman–Crippen MR) is 115 cm³/mol. The molecule has 0 aliphatic carbocycles. The molecule has 3 aromatic rings. The Morgan fingerprint density at radius 2 is 1.79 bits per heavy atom. The number of piperazine rings is 1. The molecule has 6 nitrogen and oxygen atoms in total.